The van der Waals surface area contributed by atoms with Crippen molar-refractivity contribution in [1.29, 1.82) is 0 Å². The Bertz CT molecular complexity index is 796. The molecule has 0 bridgehead atoms. The van der Waals surface area contributed by atoms with Crippen LogP contribution >= 0.6 is 0 Å². The Hall–Kier alpha value is -2.27. The fourth-order valence-corrected chi connectivity index (χ4v) is 3.54. The van der Waals surface area contributed by atoms with Gasteiger partial charge in [0, 0.05) is 38.4 Å². The van der Waals surface area contributed by atoms with Crippen LogP contribution in [0.2, 0.25) is 0 Å². The highest BCUT2D eigenvalue weighted by molar-refractivity contribution is 5.73. The van der Waals surface area contributed by atoms with Crippen molar-refractivity contribution in [2.45, 2.75) is 25.3 Å². The van der Waals surface area contributed by atoms with E-state index < -0.39 is 0 Å². The van der Waals surface area contributed by atoms with Crippen LogP contribution in [-0.4, -0.2) is 37.7 Å². The maximum Gasteiger partial charge on any atom is 0.176 e. The molecule has 1 aromatic carbocycles. The number of likely N-dealkylation sites (tertiary alicyclic amines) is 1. The maximum absolute atomic E-state index is 4.72. The van der Waals surface area contributed by atoms with Gasteiger partial charge in [0.1, 0.15) is 5.52 Å². The molecule has 2 aromatic heterocycles. The summed E-state index contributed by atoms with van der Waals surface area (Å²) in [5.74, 6) is 0.438. The molecule has 4 rings (SSSR count). The van der Waals surface area contributed by atoms with Gasteiger partial charge in [0.2, 0.25) is 0 Å². The first-order chi connectivity index (χ1) is 11.3. The summed E-state index contributed by atoms with van der Waals surface area (Å²) >= 11 is 0. The highest BCUT2D eigenvalue weighted by Crippen LogP contribution is 2.30. The van der Waals surface area contributed by atoms with Gasteiger partial charge >= 0.3 is 0 Å². The van der Waals surface area contributed by atoms with E-state index in [1.807, 2.05) is 11.7 Å². The summed E-state index contributed by atoms with van der Waals surface area (Å²) in [4.78, 5) is 11.5. The molecule has 0 unspecified atom stereocenters. The van der Waals surface area contributed by atoms with Crippen molar-refractivity contribution >= 4 is 11.2 Å². The second kappa shape index (κ2) is 6.08. The molecule has 1 aliphatic heterocycles. The van der Waals surface area contributed by atoms with Gasteiger partial charge in [-0.1, -0.05) is 30.3 Å². The Kier molecular flexibility index (Phi) is 3.79. The molecule has 0 aliphatic carbocycles. The number of aromatic nitrogens is 4. The lowest BCUT2D eigenvalue weighted by atomic mass is 9.94. The SMILES string of the molecule is Cn1nc([C@@H]2CCCN(Cc3ccccc3)C2)c2nccnc21. The summed E-state index contributed by atoms with van der Waals surface area (Å²) in [6.07, 6.45) is 5.87. The number of hydrogen-bond donors (Lipinski definition) is 0. The summed E-state index contributed by atoms with van der Waals surface area (Å²) in [5.41, 5.74) is 4.32. The van der Waals surface area contributed by atoms with Crippen LogP contribution < -0.4 is 0 Å². The number of benzene rings is 1. The Morgan fingerprint density at radius 2 is 1.96 bits per heavy atom. The molecule has 1 saturated heterocycles. The van der Waals surface area contributed by atoms with Crippen molar-refractivity contribution in [3.05, 3.63) is 54.0 Å². The van der Waals surface area contributed by atoms with Crippen LogP contribution in [0.4, 0.5) is 0 Å². The number of aryl methyl sites for hydroxylation is 1. The highest BCUT2D eigenvalue weighted by atomic mass is 15.3. The van der Waals surface area contributed by atoms with Crippen molar-refractivity contribution in [2.24, 2.45) is 7.05 Å². The van der Waals surface area contributed by atoms with E-state index in [1.54, 1.807) is 12.4 Å². The van der Waals surface area contributed by atoms with E-state index in [-0.39, 0.29) is 0 Å². The normalized spacial score (nSPS) is 19.3. The van der Waals surface area contributed by atoms with Crippen molar-refractivity contribution in [3.63, 3.8) is 0 Å². The number of piperidine rings is 1. The first kappa shape index (κ1) is 14.3. The minimum absolute atomic E-state index is 0.438. The third-order valence-corrected chi connectivity index (χ3v) is 4.63. The first-order valence-electron chi connectivity index (χ1n) is 8.21. The van der Waals surface area contributed by atoms with Crippen LogP contribution in [-0.2, 0) is 13.6 Å². The molecular formula is C18H21N5. The smallest absolute Gasteiger partial charge is 0.176 e. The molecule has 0 spiro atoms. The van der Waals surface area contributed by atoms with Crippen molar-refractivity contribution in [3.8, 4) is 0 Å². The molecule has 1 fully saturated rings. The van der Waals surface area contributed by atoms with Gasteiger partial charge in [-0.25, -0.2) is 14.6 Å². The van der Waals surface area contributed by atoms with Crippen LogP contribution in [0.15, 0.2) is 42.7 Å². The van der Waals surface area contributed by atoms with E-state index in [1.165, 1.54) is 18.4 Å². The monoisotopic (exact) mass is 307 g/mol. The Labute approximate surface area is 136 Å². The largest absolute Gasteiger partial charge is 0.298 e. The zero-order chi connectivity index (χ0) is 15.6. The molecule has 3 aromatic rings. The number of hydrogen-bond acceptors (Lipinski definition) is 4. The van der Waals surface area contributed by atoms with Crippen LogP contribution in [0.5, 0.6) is 0 Å². The first-order valence-corrected chi connectivity index (χ1v) is 8.21. The van der Waals surface area contributed by atoms with Gasteiger partial charge in [-0.2, -0.15) is 5.10 Å². The Morgan fingerprint density at radius 1 is 1.13 bits per heavy atom. The van der Waals surface area contributed by atoms with Gasteiger partial charge in [0.05, 0.1) is 5.69 Å². The predicted octanol–water partition coefficient (Wildman–Crippen LogP) is 2.74. The second-order valence-electron chi connectivity index (χ2n) is 6.30. The minimum atomic E-state index is 0.438. The fraction of sp³-hybridized carbons (Fsp3) is 0.389. The summed E-state index contributed by atoms with van der Waals surface area (Å²) < 4.78 is 1.85. The van der Waals surface area contributed by atoms with Crippen LogP contribution in [0, 0.1) is 0 Å². The van der Waals surface area contributed by atoms with Gasteiger partial charge < -0.3 is 0 Å². The van der Waals surface area contributed by atoms with Gasteiger partial charge in [-0.3, -0.25) is 4.90 Å². The van der Waals surface area contributed by atoms with Crippen molar-refractivity contribution in [1.82, 2.24) is 24.6 Å². The van der Waals surface area contributed by atoms with E-state index in [0.29, 0.717) is 5.92 Å². The quantitative estimate of drug-likeness (QED) is 0.746. The number of rotatable bonds is 3. The van der Waals surface area contributed by atoms with Crippen molar-refractivity contribution in [2.75, 3.05) is 13.1 Å². The maximum atomic E-state index is 4.72. The molecule has 3 heterocycles. The molecule has 0 amide bonds. The molecular weight excluding hydrogens is 286 g/mol. The van der Waals surface area contributed by atoms with Crippen molar-refractivity contribution < 1.29 is 0 Å². The van der Waals surface area contributed by atoms with E-state index in [9.17, 15) is 0 Å². The lowest BCUT2D eigenvalue weighted by molar-refractivity contribution is 0.198. The summed E-state index contributed by atoms with van der Waals surface area (Å²) in [5, 5.41) is 4.72. The van der Waals surface area contributed by atoms with Crippen LogP contribution in [0.1, 0.15) is 30.0 Å². The third-order valence-electron chi connectivity index (χ3n) is 4.63. The van der Waals surface area contributed by atoms with Crippen LogP contribution in [0.25, 0.3) is 11.2 Å². The predicted molar refractivity (Wildman–Crippen MR) is 90.0 cm³/mol. The number of nitrogens with zero attached hydrogens (tertiary/aromatic N) is 5. The molecule has 1 aliphatic rings. The molecule has 0 saturated carbocycles. The summed E-state index contributed by atoms with van der Waals surface area (Å²) in [6, 6.07) is 10.7. The Morgan fingerprint density at radius 3 is 2.83 bits per heavy atom. The zero-order valence-electron chi connectivity index (χ0n) is 13.4. The molecule has 23 heavy (non-hydrogen) atoms. The van der Waals surface area contributed by atoms with E-state index in [4.69, 9.17) is 5.10 Å². The molecule has 0 radical (unpaired) electrons. The average Bonchev–Trinajstić information content (AvgIpc) is 2.94. The zero-order valence-corrected chi connectivity index (χ0v) is 13.4. The van der Waals surface area contributed by atoms with Gasteiger partial charge in [-0.05, 0) is 24.9 Å². The highest BCUT2D eigenvalue weighted by Gasteiger charge is 2.26. The van der Waals surface area contributed by atoms with Gasteiger partial charge in [0.25, 0.3) is 0 Å². The fourth-order valence-electron chi connectivity index (χ4n) is 3.54. The van der Waals surface area contributed by atoms with Gasteiger partial charge in [-0.15, -0.1) is 0 Å². The molecule has 118 valence electrons. The minimum Gasteiger partial charge on any atom is -0.298 e. The van der Waals surface area contributed by atoms with Gasteiger partial charge in [0.15, 0.2) is 5.65 Å². The topological polar surface area (TPSA) is 46.8 Å². The summed E-state index contributed by atoms with van der Waals surface area (Å²) in [7, 11) is 1.95. The summed E-state index contributed by atoms with van der Waals surface area (Å²) in [6.45, 7) is 3.20. The second-order valence-corrected chi connectivity index (χ2v) is 6.30. The van der Waals surface area contributed by atoms with E-state index in [2.05, 4.69) is 45.2 Å². The molecule has 5 nitrogen and oxygen atoms in total. The number of fused-ring (bicyclic) bond motifs is 1. The molecule has 5 heteroatoms. The Balaban J connectivity index is 1.57. The van der Waals surface area contributed by atoms with E-state index >= 15 is 0 Å². The molecule has 1 atom stereocenters. The lowest BCUT2D eigenvalue weighted by Crippen LogP contribution is -2.34. The third kappa shape index (κ3) is 2.84. The van der Waals surface area contributed by atoms with E-state index in [0.717, 1.165) is 36.5 Å². The lowest BCUT2D eigenvalue weighted by Gasteiger charge is -2.32. The molecule has 0 N–H and O–H groups in total. The average molecular weight is 307 g/mol. The standard InChI is InChI=1S/C18H21N5/c1-22-18-17(19-9-10-20-18)16(21-22)15-8-5-11-23(13-15)12-14-6-3-2-4-7-14/h2-4,6-7,9-10,15H,5,8,11-13H2,1H3/t15-/m1/s1. The van der Waals surface area contributed by atoms with Crippen LogP contribution in [0.3, 0.4) is 0 Å².